The Morgan fingerprint density at radius 3 is 2.47 bits per heavy atom. The summed E-state index contributed by atoms with van der Waals surface area (Å²) in [5.74, 6) is 1.31. The van der Waals surface area contributed by atoms with Gasteiger partial charge in [-0.1, -0.05) is 43.0 Å². The van der Waals surface area contributed by atoms with Crippen LogP contribution in [0.1, 0.15) is 29.2 Å². The first-order valence-electron chi connectivity index (χ1n) is 11.2. The molecule has 0 aliphatic carbocycles. The minimum absolute atomic E-state index is 0.342. The molecule has 0 atom stereocenters. The molecular weight excluding hydrogens is 444 g/mol. The average Bonchev–Trinajstić information content (AvgIpc) is 3.29. The van der Waals surface area contributed by atoms with Crippen molar-refractivity contribution >= 4 is 22.7 Å². The van der Waals surface area contributed by atoms with Crippen molar-refractivity contribution in [3.8, 4) is 17.1 Å². The number of aromatic nitrogens is 4. The van der Waals surface area contributed by atoms with Gasteiger partial charge >= 0.3 is 5.63 Å². The van der Waals surface area contributed by atoms with E-state index in [0.717, 1.165) is 50.7 Å². The van der Waals surface area contributed by atoms with Gasteiger partial charge in [0, 0.05) is 40.8 Å². The second kappa shape index (κ2) is 9.27. The highest BCUT2D eigenvalue weighted by atomic mass is 32.2. The lowest BCUT2D eigenvalue weighted by Gasteiger charge is -2.12. The molecule has 0 saturated carbocycles. The van der Waals surface area contributed by atoms with Gasteiger partial charge in [-0.15, -0.1) is 10.2 Å². The summed E-state index contributed by atoms with van der Waals surface area (Å²) in [6.07, 6.45) is 4.48. The van der Waals surface area contributed by atoms with E-state index in [0.29, 0.717) is 11.3 Å². The third-order valence-corrected chi connectivity index (χ3v) is 7.03. The van der Waals surface area contributed by atoms with Crippen LogP contribution in [0.4, 0.5) is 0 Å². The lowest BCUT2D eigenvalue weighted by Crippen LogP contribution is -2.03. The van der Waals surface area contributed by atoms with Crippen LogP contribution in [0.25, 0.3) is 28.0 Å². The first-order chi connectivity index (χ1) is 16.5. The molecule has 0 saturated heterocycles. The number of fused-ring (bicyclic) bond motifs is 1. The van der Waals surface area contributed by atoms with Crippen LogP contribution in [0.5, 0.6) is 0 Å². The van der Waals surface area contributed by atoms with Crippen molar-refractivity contribution in [1.29, 1.82) is 0 Å². The minimum Gasteiger partial charge on any atom is -0.422 e. The Morgan fingerprint density at radius 2 is 1.74 bits per heavy atom. The minimum atomic E-state index is -0.342. The Morgan fingerprint density at radius 1 is 0.971 bits per heavy atom. The zero-order chi connectivity index (χ0) is 23.7. The van der Waals surface area contributed by atoms with Crippen molar-refractivity contribution in [3.63, 3.8) is 0 Å². The summed E-state index contributed by atoms with van der Waals surface area (Å²) in [7, 11) is 0. The molecule has 170 valence electrons. The molecule has 2 aromatic carbocycles. The molecule has 6 nitrogen and oxygen atoms in total. The summed E-state index contributed by atoms with van der Waals surface area (Å²) in [5.41, 5.74) is 6.50. The normalized spacial score (nSPS) is 11.3. The molecule has 0 spiro atoms. The van der Waals surface area contributed by atoms with Gasteiger partial charge < -0.3 is 4.42 Å². The molecular formula is C27H24N4O2S. The van der Waals surface area contributed by atoms with Gasteiger partial charge in [-0.2, -0.15) is 0 Å². The molecule has 7 heteroatoms. The number of thioether (sulfide) groups is 1. The summed E-state index contributed by atoms with van der Waals surface area (Å²) in [4.78, 5) is 16.4. The Bertz CT molecular complexity index is 1520. The number of pyridine rings is 1. The largest absolute Gasteiger partial charge is 0.422 e. The second-order valence-electron chi connectivity index (χ2n) is 8.16. The number of hydrogen-bond acceptors (Lipinski definition) is 6. The highest BCUT2D eigenvalue weighted by Crippen LogP contribution is 2.32. The fraction of sp³-hybridized carbons (Fsp3) is 0.185. The zero-order valence-electron chi connectivity index (χ0n) is 19.3. The van der Waals surface area contributed by atoms with E-state index in [2.05, 4.69) is 57.0 Å². The SMILES string of the molecule is CCc1ccc(-n2c(SCc3cc(=O)oc4c(C)c(C)ccc34)nnc2-c2ccncc2)cc1. The van der Waals surface area contributed by atoms with E-state index in [9.17, 15) is 4.79 Å². The number of nitrogens with zero attached hydrogens (tertiary/aromatic N) is 4. The third kappa shape index (κ3) is 4.15. The lowest BCUT2D eigenvalue weighted by molar-refractivity contribution is 0.557. The highest BCUT2D eigenvalue weighted by molar-refractivity contribution is 7.98. The first kappa shape index (κ1) is 22.1. The van der Waals surface area contributed by atoms with E-state index in [1.54, 1.807) is 30.2 Å². The van der Waals surface area contributed by atoms with Gasteiger partial charge in [0.05, 0.1) is 0 Å². The topological polar surface area (TPSA) is 73.8 Å². The fourth-order valence-electron chi connectivity index (χ4n) is 3.95. The van der Waals surface area contributed by atoms with E-state index < -0.39 is 0 Å². The van der Waals surface area contributed by atoms with Crippen LogP contribution in [0.3, 0.4) is 0 Å². The van der Waals surface area contributed by atoms with Crippen molar-refractivity contribution < 1.29 is 4.42 Å². The summed E-state index contributed by atoms with van der Waals surface area (Å²) >= 11 is 1.55. The summed E-state index contributed by atoms with van der Waals surface area (Å²) in [6.45, 7) is 6.14. The standard InChI is InChI=1S/C27H24N4O2S/c1-4-19-6-8-22(9-7-19)31-26(20-11-13-28-14-12-20)29-30-27(31)34-16-21-15-24(32)33-25-18(3)17(2)5-10-23(21)25/h5-15H,4,16H2,1-3H3. The van der Waals surface area contributed by atoms with E-state index in [1.165, 1.54) is 5.56 Å². The van der Waals surface area contributed by atoms with Crippen molar-refractivity contribution in [2.75, 3.05) is 0 Å². The molecule has 0 aliphatic rings. The molecule has 3 aromatic heterocycles. The molecule has 5 aromatic rings. The maximum atomic E-state index is 12.3. The zero-order valence-corrected chi connectivity index (χ0v) is 20.1. The van der Waals surface area contributed by atoms with E-state index in [4.69, 9.17) is 4.42 Å². The van der Waals surface area contributed by atoms with Crippen LogP contribution >= 0.6 is 11.8 Å². The molecule has 0 fully saturated rings. The van der Waals surface area contributed by atoms with Gasteiger partial charge in [0.2, 0.25) is 0 Å². The lowest BCUT2D eigenvalue weighted by atomic mass is 10.0. The third-order valence-electron chi connectivity index (χ3n) is 6.05. The van der Waals surface area contributed by atoms with Crippen LogP contribution < -0.4 is 5.63 Å². The number of rotatable bonds is 6. The molecule has 0 unspecified atom stereocenters. The van der Waals surface area contributed by atoms with Crippen molar-refractivity contribution in [1.82, 2.24) is 19.7 Å². The molecule has 0 aliphatic heterocycles. The van der Waals surface area contributed by atoms with Gasteiger partial charge in [-0.3, -0.25) is 9.55 Å². The van der Waals surface area contributed by atoms with Crippen molar-refractivity contribution in [3.05, 3.63) is 99.7 Å². The van der Waals surface area contributed by atoms with Crippen molar-refractivity contribution in [2.45, 2.75) is 38.1 Å². The molecule has 0 bridgehead atoms. The Kier molecular flexibility index (Phi) is 6.02. The molecule has 0 N–H and O–H groups in total. The fourth-order valence-corrected chi connectivity index (χ4v) is 4.89. The van der Waals surface area contributed by atoms with Gasteiger partial charge in [-0.05, 0) is 66.8 Å². The Labute approximate surface area is 201 Å². The summed E-state index contributed by atoms with van der Waals surface area (Å²) < 4.78 is 7.60. The van der Waals surface area contributed by atoms with Crippen LogP contribution in [0.15, 0.2) is 81.4 Å². The maximum Gasteiger partial charge on any atom is 0.336 e. The summed E-state index contributed by atoms with van der Waals surface area (Å²) in [5, 5.41) is 10.7. The average molecular weight is 469 g/mol. The van der Waals surface area contributed by atoms with E-state index in [-0.39, 0.29) is 5.63 Å². The number of benzene rings is 2. The quantitative estimate of drug-likeness (QED) is 0.228. The van der Waals surface area contributed by atoms with E-state index >= 15 is 0 Å². The Hall–Kier alpha value is -3.71. The highest BCUT2D eigenvalue weighted by Gasteiger charge is 2.18. The number of hydrogen-bond donors (Lipinski definition) is 0. The first-order valence-corrected chi connectivity index (χ1v) is 12.1. The van der Waals surface area contributed by atoms with Crippen LogP contribution in [-0.4, -0.2) is 19.7 Å². The smallest absolute Gasteiger partial charge is 0.336 e. The van der Waals surface area contributed by atoms with Gasteiger partial charge in [0.1, 0.15) is 5.58 Å². The predicted molar refractivity (Wildman–Crippen MR) is 135 cm³/mol. The predicted octanol–water partition coefficient (Wildman–Crippen LogP) is 5.91. The van der Waals surface area contributed by atoms with Gasteiger partial charge in [-0.25, -0.2) is 4.79 Å². The van der Waals surface area contributed by atoms with Gasteiger partial charge in [0.15, 0.2) is 11.0 Å². The second-order valence-corrected chi connectivity index (χ2v) is 9.10. The molecule has 34 heavy (non-hydrogen) atoms. The van der Waals surface area contributed by atoms with Crippen LogP contribution in [0.2, 0.25) is 0 Å². The molecule has 0 amide bonds. The maximum absolute atomic E-state index is 12.3. The summed E-state index contributed by atoms with van der Waals surface area (Å²) in [6, 6.07) is 17.9. The Balaban J connectivity index is 1.57. The van der Waals surface area contributed by atoms with Crippen molar-refractivity contribution in [2.24, 2.45) is 0 Å². The van der Waals surface area contributed by atoms with Gasteiger partial charge in [0.25, 0.3) is 0 Å². The number of aryl methyl sites for hydroxylation is 3. The molecule has 0 radical (unpaired) electrons. The monoisotopic (exact) mass is 468 g/mol. The molecule has 5 rings (SSSR count). The van der Waals surface area contributed by atoms with Crippen LogP contribution in [-0.2, 0) is 12.2 Å². The molecule has 3 heterocycles. The van der Waals surface area contributed by atoms with Crippen LogP contribution in [0, 0.1) is 13.8 Å². The van der Waals surface area contributed by atoms with E-state index in [1.807, 2.05) is 32.0 Å².